The van der Waals surface area contributed by atoms with Gasteiger partial charge in [-0.25, -0.2) is 4.39 Å². The van der Waals surface area contributed by atoms with Crippen molar-refractivity contribution >= 4 is 11.6 Å². The van der Waals surface area contributed by atoms with Gasteiger partial charge in [-0.05, 0) is 36.4 Å². The van der Waals surface area contributed by atoms with Gasteiger partial charge < -0.3 is 10.1 Å². The molecule has 1 N–H and O–H groups in total. The highest BCUT2D eigenvalue weighted by Gasteiger charge is 2.08. The van der Waals surface area contributed by atoms with E-state index in [-0.39, 0.29) is 5.91 Å². The fourth-order valence-electron chi connectivity index (χ4n) is 2.14. The van der Waals surface area contributed by atoms with E-state index in [1.807, 2.05) is 0 Å². The molecule has 1 heterocycles. The maximum Gasteiger partial charge on any atom is 0.255 e. The summed E-state index contributed by atoms with van der Waals surface area (Å²) in [7, 11) is 1.52. The average molecular weight is 323 g/mol. The number of benzene rings is 2. The van der Waals surface area contributed by atoms with E-state index in [1.54, 1.807) is 42.5 Å². The number of hydrogen-bond acceptors (Lipinski definition) is 4. The zero-order valence-electron chi connectivity index (χ0n) is 12.9. The average Bonchev–Trinajstić information content (AvgIpc) is 2.62. The van der Waals surface area contributed by atoms with Gasteiger partial charge in [0.2, 0.25) is 5.88 Å². The van der Waals surface area contributed by atoms with Crippen molar-refractivity contribution in [3.05, 3.63) is 72.0 Å². The number of carbonyl (C=O) groups is 1. The van der Waals surface area contributed by atoms with Gasteiger partial charge in [-0.1, -0.05) is 18.2 Å². The molecule has 5 nitrogen and oxygen atoms in total. The second kappa shape index (κ2) is 6.87. The van der Waals surface area contributed by atoms with Crippen LogP contribution >= 0.6 is 0 Å². The summed E-state index contributed by atoms with van der Waals surface area (Å²) in [5, 5.41) is 10.6. The van der Waals surface area contributed by atoms with Gasteiger partial charge in [0.1, 0.15) is 5.82 Å². The number of nitrogens with zero attached hydrogens (tertiary/aromatic N) is 2. The molecule has 3 rings (SSSR count). The first kappa shape index (κ1) is 15.6. The molecule has 3 aromatic rings. The molecule has 6 heteroatoms. The summed E-state index contributed by atoms with van der Waals surface area (Å²) >= 11 is 0. The molecule has 0 aliphatic heterocycles. The number of rotatable bonds is 4. The number of methoxy groups -OCH3 is 1. The van der Waals surface area contributed by atoms with Crippen LogP contribution < -0.4 is 10.1 Å². The highest BCUT2D eigenvalue weighted by Crippen LogP contribution is 2.19. The molecular weight excluding hydrogens is 309 g/mol. The minimum Gasteiger partial charge on any atom is -0.480 e. The van der Waals surface area contributed by atoms with Gasteiger partial charge in [-0.2, -0.15) is 0 Å². The lowest BCUT2D eigenvalue weighted by Gasteiger charge is -2.06. The largest absolute Gasteiger partial charge is 0.480 e. The van der Waals surface area contributed by atoms with Gasteiger partial charge in [0.15, 0.2) is 0 Å². The predicted octanol–water partition coefficient (Wildman–Crippen LogP) is 3.54. The highest BCUT2D eigenvalue weighted by molar-refractivity contribution is 6.04. The first-order chi connectivity index (χ1) is 11.7. The Morgan fingerprint density at radius 1 is 1.04 bits per heavy atom. The van der Waals surface area contributed by atoms with Crippen LogP contribution in [0.4, 0.5) is 10.1 Å². The number of amides is 1. The standard InChI is InChI=1S/C18H14FN3O2/c1-24-17-10-9-16(21-22-17)12-5-7-13(8-6-12)18(23)20-15-4-2-3-14(19)11-15/h2-11H,1H3,(H,20,23). The van der Waals surface area contributed by atoms with E-state index in [0.29, 0.717) is 22.8 Å². The lowest BCUT2D eigenvalue weighted by atomic mass is 10.1. The lowest BCUT2D eigenvalue weighted by molar-refractivity contribution is 0.102. The Kier molecular flexibility index (Phi) is 4.47. The van der Waals surface area contributed by atoms with E-state index in [2.05, 4.69) is 15.5 Å². The van der Waals surface area contributed by atoms with Gasteiger partial charge in [-0.3, -0.25) is 4.79 Å². The third-order valence-corrected chi connectivity index (χ3v) is 3.37. The van der Waals surface area contributed by atoms with Crippen molar-refractivity contribution in [2.45, 2.75) is 0 Å². The van der Waals surface area contributed by atoms with Crippen LogP contribution in [-0.2, 0) is 0 Å². The Morgan fingerprint density at radius 3 is 2.46 bits per heavy atom. The topological polar surface area (TPSA) is 64.1 Å². The van der Waals surface area contributed by atoms with E-state index in [1.165, 1.54) is 25.3 Å². The van der Waals surface area contributed by atoms with Crippen LogP contribution in [0.3, 0.4) is 0 Å². The Balaban J connectivity index is 1.74. The van der Waals surface area contributed by atoms with Crippen molar-refractivity contribution in [1.82, 2.24) is 10.2 Å². The molecule has 0 atom stereocenters. The van der Waals surface area contributed by atoms with Crippen LogP contribution in [-0.4, -0.2) is 23.2 Å². The molecule has 0 aliphatic rings. The van der Waals surface area contributed by atoms with Crippen LogP contribution in [0.1, 0.15) is 10.4 Å². The van der Waals surface area contributed by atoms with E-state index in [9.17, 15) is 9.18 Å². The Bertz CT molecular complexity index is 849. The third-order valence-electron chi connectivity index (χ3n) is 3.37. The fourth-order valence-corrected chi connectivity index (χ4v) is 2.14. The number of carbonyl (C=O) groups excluding carboxylic acids is 1. The van der Waals surface area contributed by atoms with Gasteiger partial charge in [0, 0.05) is 22.9 Å². The van der Waals surface area contributed by atoms with Crippen LogP contribution in [0.15, 0.2) is 60.7 Å². The maximum atomic E-state index is 13.1. The first-order valence-electron chi connectivity index (χ1n) is 7.21. The van der Waals surface area contributed by atoms with Gasteiger partial charge in [0.05, 0.1) is 12.8 Å². The van der Waals surface area contributed by atoms with Crippen LogP contribution in [0.5, 0.6) is 5.88 Å². The van der Waals surface area contributed by atoms with E-state index >= 15 is 0 Å². The van der Waals surface area contributed by atoms with E-state index < -0.39 is 5.82 Å². The number of anilines is 1. The minimum absolute atomic E-state index is 0.312. The molecular formula is C18H14FN3O2. The molecule has 0 saturated carbocycles. The number of hydrogen-bond donors (Lipinski definition) is 1. The molecule has 1 aromatic heterocycles. The molecule has 0 saturated heterocycles. The molecule has 120 valence electrons. The summed E-state index contributed by atoms with van der Waals surface area (Å²) in [5.74, 6) is -0.279. The summed E-state index contributed by atoms with van der Waals surface area (Å²) in [5.41, 5.74) is 2.37. The number of aromatic nitrogens is 2. The molecule has 0 spiro atoms. The Labute approximate surface area is 138 Å². The molecule has 2 aromatic carbocycles. The van der Waals surface area contributed by atoms with Crippen molar-refractivity contribution < 1.29 is 13.9 Å². The molecule has 1 amide bonds. The highest BCUT2D eigenvalue weighted by atomic mass is 19.1. The summed E-state index contributed by atoms with van der Waals surface area (Å²) in [6.07, 6.45) is 0. The van der Waals surface area contributed by atoms with Gasteiger partial charge >= 0.3 is 0 Å². The lowest BCUT2D eigenvalue weighted by Crippen LogP contribution is -2.11. The quantitative estimate of drug-likeness (QED) is 0.797. The van der Waals surface area contributed by atoms with Crippen LogP contribution in [0.2, 0.25) is 0 Å². The van der Waals surface area contributed by atoms with Crippen molar-refractivity contribution in [2.75, 3.05) is 12.4 Å². The van der Waals surface area contributed by atoms with E-state index in [0.717, 1.165) is 5.56 Å². The van der Waals surface area contributed by atoms with Crippen molar-refractivity contribution in [2.24, 2.45) is 0 Å². The van der Waals surface area contributed by atoms with Crippen molar-refractivity contribution in [3.63, 3.8) is 0 Å². The third kappa shape index (κ3) is 3.55. The Morgan fingerprint density at radius 2 is 1.83 bits per heavy atom. The first-order valence-corrected chi connectivity index (χ1v) is 7.21. The number of nitrogens with one attached hydrogen (secondary N) is 1. The Hall–Kier alpha value is -3.28. The van der Waals surface area contributed by atoms with Crippen LogP contribution in [0, 0.1) is 5.82 Å². The summed E-state index contributed by atoms with van der Waals surface area (Å²) < 4.78 is 18.1. The maximum absolute atomic E-state index is 13.1. The molecule has 0 aliphatic carbocycles. The van der Waals surface area contributed by atoms with Gasteiger partial charge in [0.25, 0.3) is 5.91 Å². The monoisotopic (exact) mass is 323 g/mol. The second-order valence-electron chi connectivity index (χ2n) is 5.00. The molecule has 0 bridgehead atoms. The van der Waals surface area contributed by atoms with Crippen molar-refractivity contribution in [3.8, 4) is 17.1 Å². The fraction of sp³-hybridized carbons (Fsp3) is 0.0556. The summed E-state index contributed by atoms with van der Waals surface area (Å²) in [4.78, 5) is 12.2. The van der Waals surface area contributed by atoms with Crippen LogP contribution in [0.25, 0.3) is 11.3 Å². The number of halogens is 1. The minimum atomic E-state index is -0.402. The molecule has 0 radical (unpaired) electrons. The normalized spacial score (nSPS) is 10.2. The molecule has 0 fully saturated rings. The summed E-state index contributed by atoms with van der Waals surface area (Å²) in [6.45, 7) is 0. The van der Waals surface area contributed by atoms with Gasteiger partial charge in [-0.15, -0.1) is 10.2 Å². The zero-order valence-corrected chi connectivity index (χ0v) is 12.9. The smallest absolute Gasteiger partial charge is 0.255 e. The predicted molar refractivity (Wildman–Crippen MR) is 88.4 cm³/mol. The number of ether oxygens (including phenoxy) is 1. The molecule has 24 heavy (non-hydrogen) atoms. The SMILES string of the molecule is COc1ccc(-c2ccc(C(=O)Nc3cccc(F)c3)cc2)nn1. The van der Waals surface area contributed by atoms with E-state index in [4.69, 9.17) is 4.74 Å². The zero-order chi connectivity index (χ0) is 16.9. The molecule has 0 unspecified atom stereocenters. The second-order valence-corrected chi connectivity index (χ2v) is 5.00. The summed E-state index contributed by atoms with van der Waals surface area (Å²) in [6, 6.07) is 16.2. The van der Waals surface area contributed by atoms with Crippen molar-refractivity contribution in [1.29, 1.82) is 0 Å².